The summed E-state index contributed by atoms with van der Waals surface area (Å²) in [6.07, 6.45) is 1.95. The number of aryl methyl sites for hydroxylation is 3. The first-order valence-electron chi connectivity index (χ1n) is 7.40. The second kappa shape index (κ2) is 7.02. The Bertz CT molecular complexity index is 518. The molecule has 1 atom stereocenters. The van der Waals surface area contributed by atoms with Gasteiger partial charge in [0.1, 0.15) is 0 Å². The van der Waals surface area contributed by atoms with Gasteiger partial charge in [0.15, 0.2) is 0 Å². The molecule has 0 saturated heterocycles. The van der Waals surface area contributed by atoms with Crippen molar-refractivity contribution in [2.45, 2.75) is 53.1 Å². The molecule has 0 bridgehead atoms. The average molecular weight is 309 g/mol. The maximum absolute atomic E-state index is 12.0. The second-order valence-corrected chi connectivity index (χ2v) is 6.97. The van der Waals surface area contributed by atoms with Crippen LogP contribution in [-0.2, 0) is 16.1 Å². The summed E-state index contributed by atoms with van der Waals surface area (Å²) < 4.78 is 0. The van der Waals surface area contributed by atoms with Gasteiger partial charge in [-0.2, -0.15) is 0 Å². The summed E-state index contributed by atoms with van der Waals surface area (Å²) in [6, 6.07) is 0. The highest BCUT2D eigenvalue weighted by molar-refractivity contribution is 7.11. The highest BCUT2D eigenvalue weighted by atomic mass is 32.1. The van der Waals surface area contributed by atoms with Gasteiger partial charge in [0, 0.05) is 24.3 Å². The molecule has 1 amide bonds. The van der Waals surface area contributed by atoms with Gasteiger partial charge in [-0.05, 0) is 26.2 Å². The molecule has 116 valence electrons. The minimum atomic E-state index is -0.452. The molecule has 0 saturated carbocycles. The van der Waals surface area contributed by atoms with Crippen LogP contribution in [0.15, 0.2) is 5.16 Å². The van der Waals surface area contributed by atoms with E-state index in [1.54, 1.807) is 11.3 Å². The molecule has 0 fully saturated rings. The molecule has 2 heterocycles. The van der Waals surface area contributed by atoms with E-state index in [1.807, 2.05) is 6.92 Å². The highest BCUT2D eigenvalue weighted by Crippen LogP contribution is 2.18. The molecule has 21 heavy (non-hydrogen) atoms. The molecule has 0 aliphatic carbocycles. The molecule has 1 aromatic heterocycles. The van der Waals surface area contributed by atoms with Gasteiger partial charge in [0.05, 0.1) is 16.4 Å². The molecule has 1 aliphatic heterocycles. The van der Waals surface area contributed by atoms with E-state index in [9.17, 15) is 4.79 Å². The predicted molar refractivity (Wildman–Crippen MR) is 84.7 cm³/mol. The van der Waals surface area contributed by atoms with Gasteiger partial charge in [0.25, 0.3) is 5.91 Å². The average Bonchev–Trinajstić information content (AvgIpc) is 3.03. The van der Waals surface area contributed by atoms with Crippen LogP contribution in [0, 0.1) is 19.8 Å². The van der Waals surface area contributed by atoms with Crippen molar-refractivity contribution in [1.82, 2.24) is 10.3 Å². The fourth-order valence-electron chi connectivity index (χ4n) is 2.09. The maximum Gasteiger partial charge on any atom is 0.264 e. The second-order valence-electron chi connectivity index (χ2n) is 5.68. The number of nitrogens with zero attached hydrogens (tertiary/aromatic N) is 2. The van der Waals surface area contributed by atoms with Crippen LogP contribution in [0.5, 0.6) is 0 Å². The Labute approximate surface area is 129 Å². The van der Waals surface area contributed by atoms with Gasteiger partial charge in [0.2, 0.25) is 6.10 Å². The van der Waals surface area contributed by atoms with E-state index in [-0.39, 0.29) is 5.91 Å². The van der Waals surface area contributed by atoms with E-state index < -0.39 is 6.10 Å². The first kappa shape index (κ1) is 15.9. The van der Waals surface area contributed by atoms with Crippen molar-refractivity contribution in [3.63, 3.8) is 0 Å². The summed E-state index contributed by atoms with van der Waals surface area (Å²) in [6.45, 7) is 8.87. The van der Waals surface area contributed by atoms with Crippen molar-refractivity contribution >= 4 is 23.0 Å². The minimum absolute atomic E-state index is 0.0686. The monoisotopic (exact) mass is 309 g/mol. The smallest absolute Gasteiger partial charge is 0.264 e. The summed E-state index contributed by atoms with van der Waals surface area (Å²) in [5.74, 6) is 0.264. The van der Waals surface area contributed by atoms with E-state index in [4.69, 9.17) is 4.84 Å². The quantitative estimate of drug-likeness (QED) is 0.822. The minimum Gasteiger partial charge on any atom is -0.382 e. The fourth-order valence-corrected chi connectivity index (χ4v) is 3.06. The first-order chi connectivity index (χ1) is 9.97. The molecule has 1 aromatic rings. The third-order valence-electron chi connectivity index (χ3n) is 3.59. The Morgan fingerprint density at radius 1 is 1.48 bits per heavy atom. The highest BCUT2D eigenvalue weighted by Gasteiger charge is 2.28. The van der Waals surface area contributed by atoms with Gasteiger partial charge in [-0.1, -0.05) is 19.0 Å². The van der Waals surface area contributed by atoms with E-state index >= 15 is 0 Å². The number of hydrogen-bond acceptors (Lipinski definition) is 5. The van der Waals surface area contributed by atoms with E-state index in [1.165, 1.54) is 4.88 Å². The number of hydrogen-bond donors (Lipinski definition) is 1. The van der Waals surface area contributed by atoms with E-state index in [0.717, 1.165) is 29.3 Å². The number of rotatable bonds is 6. The zero-order chi connectivity index (χ0) is 15.4. The number of aromatic nitrogens is 1. The van der Waals surface area contributed by atoms with Crippen molar-refractivity contribution in [1.29, 1.82) is 0 Å². The van der Waals surface area contributed by atoms with Crippen LogP contribution in [0.3, 0.4) is 0 Å². The number of carbonyl (C=O) groups is 1. The Morgan fingerprint density at radius 3 is 2.81 bits per heavy atom. The number of carbonyl (C=O) groups excluding carboxylic acids is 1. The molecule has 1 unspecified atom stereocenters. The Hall–Kier alpha value is -1.43. The van der Waals surface area contributed by atoms with Gasteiger partial charge < -0.3 is 10.2 Å². The third kappa shape index (κ3) is 4.27. The van der Waals surface area contributed by atoms with Crippen LogP contribution in [0.1, 0.15) is 42.3 Å². The lowest BCUT2D eigenvalue weighted by molar-refractivity contribution is -0.131. The summed E-state index contributed by atoms with van der Waals surface area (Å²) in [7, 11) is 0. The largest absolute Gasteiger partial charge is 0.382 e. The summed E-state index contributed by atoms with van der Waals surface area (Å²) in [5.41, 5.74) is 2.07. The van der Waals surface area contributed by atoms with Crippen LogP contribution >= 0.6 is 11.3 Å². The lowest BCUT2D eigenvalue weighted by Gasteiger charge is -2.09. The molecule has 2 rings (SSSR count). The standard InChI is InChI=1S/C15H23N3O2S/c1-9(2)12-8-13(20-18-12)15(19)16-7-5-6-14-17-10(3)11(4)21-14/h9,13H,5-8H2,1-4H3,(H,16,19). The number of nitrogens with one attached hydrogen (secondary N) is 1. The number of oxime groups is 1. The molecule has 0 radical (unpaired) electrons. The summed E-state index contributed by atoms with van der Waals surface area (Å²) in [4.78, 5) is 22.9. The molecule has 1 N–H and O–H groups in total. The zero-order valence-electron chi connectivity index (χ0n) is 13.1. The Kier molecular flexibility index (Phi) is 5.33. The first-order valence-corrected chi connectivity index (χ1v) is 8.22. The Balaban J connectivity index is 1.66. The lowest BCUT2D eigenvalue weighted by Crippen LogP contribution is -2.35. The number of amides is 1. The van der Waals surface area contributed by atoms with Gasteiger partial charge in [-0.3, -0.25) is 4.79 Å². The Morgan fingerprint density at radius 2 is 2.24 bits per heavy atom. The maximum atomic E-state index is 12.0. The molecule has 0 spiro atoms. The van der Waals surface area contributed by atoms with Gasteiger partial charge in [-0.15, -0.1) is 11.3 Å². The SMILES string of the molecule is Cc1nc(CCCNC(=O)C2CC(C(C)C)=NO2)sc1C. The molecule has 0 aromatic carbocycles. The van der Waals surface area contributed by atoms with Crippen LogP contribution in [-0.4, -0.2) is 29.3 Å². The summed E-state index contributed by atoms with van der Waals surface area (Å²) >= 11 is 1.74. The van der Waals surface area contributed by atoms with Crippen LogP contribution < -0.4 is 5.32 Å². The molecular formula is C15H23N3O2S. The van der Waals surface area contributed by atoms with Crippen molar-refractivity contribution in [3.05, 3.63) is 15.6 Å². The zero-order valence-corrected chi connectivity index (χ0v) is 13.9. The van der Waals surface area contributed by atoms with Crippen molar-refractivity contribution in [3.8, 4) is 0 Å². The molecule has 6 heteroatoms. The van der Waals surface area contributed by atoms with Gasteiger partial charge in [-0.25, -0.2) is 4.98 Å². The van der Waals surface area contributed by atoms with Crippen LogP contribution in [0.25, 0.3) is 0 Å². The van der Waals surface area contributed by atoms with Crippen molar-refractivity contribution in [2.75, 3.05) is 6.54 Å². The fraction of sp³-hybridized carbons (Fsp3) is 0.667. The van der Waals surface area contributed by atoms with Crippen LogP contribution in [0.4, 0.5) is 0 Å². The third-order valence-corrected chi connectivity index (χ3v) is 4.72. The topological polar surface area (TPSA) is 63.6 Å². The molecular weight excluding hydrogens is 286 g/mol. The summed E-state index contributed by atoms with van der Waals surface area (Å²) in [5, 5.41) is 8.03. The normalized spacial score (nSPS) is 17.8. The molecule has 5 nitrogen and oxygen atoms in total. The van der Waals surface area contributed by atoms with Crippen molar-refractivity contribution < 1.29 is 9.63 Å². The van der Waals surface area contributed by atoms with E-state index in [2.05, 4.69) is 36.2 Å². The van der Waals surface area contributed by atoms with E-state index in [0.29, 0.717) is 18.9 Å². The van der Waals surface area contributed by atoms with Crippen LogP contribution in [0.2, 0.25) is 0 Å². The molecule has 1 aliphatic rings. The van der Waals surface area contributed by atoms with Gasteiger partial charge >= 0.3 is 0 Å². The number of thiazole rings is 1. The predicted octanol–water partition coefficient (Wildman–Crippen LogP) is 2.61. The lowest BCUT2D eigenvalue weighted by atomic mass is 10.0. The van der Waals surface area contributed by atoms with Crippen molar-refractivity contribution in [2.24, 2.45) is 11.1 Å².